The molecule has 0 bridgehead atoms. The van der Waals surface area contributed by atoms with E-state index in [1.54, 1.807) is 12.1 Å². The zero-order valence-corrected chi connectivity index (χ0v) is 10.4. The number of halogens is 1. The average molecular weight is 261 g/mol. The Labute approximate surface area is 111 Å². The molecule has 0 saturated heterocycles. The van der Waals surface area contributed by atoms with Crippen LogP contribution in [0.15, 0.2) is 48.5 Å². The summed E-state index contributed by atoms with van der Waals surface area (Å²) in [7, 11) is 0. The molecule has 4 heteroatoms. The van der Waals surface area contributed by atoms with Gasteiger partial charge in [0.15, 0.2) is 0 Å². The minimum absolute atomic E-state index is 0.424. The highest BCUT2D eigenvalue weighted by atomic mass is 35.5. The number of nitrogens with two attached hydrogens (primary N) is 1. The summed E-state index contributed by atoms with van der Waals surface area (Å²) in [4.78, 5) is 11.3. The van der Waals surface area contributed by atoms with Crippen molar-refractivity contribution in [3.63, 3.8) is 0 Å². The zero-order chi connectivity index (χ0) is 13.0. The molecule has 2 aromatic carbocycles. The third kappa shape index (κ3) is 2.81. The maximum absolute atomic E-state index is 11.3. The molecule has 3 nitrogen and oxygen atoms in total. The smallest absolute Gasteiger partial charge is 0.249 e. The van der Waals surface area contributed by atoms with Crippen molar-refractivity contribution in [1.82, 2.24) is 0 Å². The zero-order valence-electron chi connectivity index (χ0n) is 9.69. The topological polar surface area (TPSA) is 55.1 Å². The minimum atomic E-state index is -0.424. The highest BCUT2D eigenvalue weighted by molar-refractivity contribution is 6.33. The van der Waals surface area contributed by atoms with E-state index in [2.05, 4.69) is 5.32 Å². The van der Waals surface area contributed by atoms with Crippen LogP contribution in [-0.2, 0) is 6.54 Å². The maximum Gasteiger partial charge on any atom is 0.249 e. The van der Waals surface area contributed by atoms with Gasteiger partial charge in [-0.05, 0) is 23.8 Å². The van der Waals surface area contributed by atoms with Crippen molar-refractivity contribution in [2.24, 2.45) is 5.73 Å². The van der Waals surface area contributed by atoms with Crippen LogP contribution in [0.5, 0.6) is 0 Å². The van der Waals surface area contributed by atoms with Crippen LogP contribution in [0.4, 0.5) is 5.69 Å². The van der Waals surface area contributed by atoms with Crippen molar-refractivity contribution in [3.05, 3.63) is 64.7 Å². The second-order valence-corrected chi connectivity index (χ2v) is 4.26. The van der Waals surface area contributed by atoms with E-state index in [9.17, 15) is 4.79 Å². The van der Waals surface area contributed by atoms with Gasteiger partial charge in [-0.1, -0.05) is 41.9 Å². The van der Waals surface area contributed by atoms with Crippen LogP contribution in [0.1, 0.15) is 15.9 Å². The molecule has 2 rings (SSSR count). The Hall–Kier alpha value is -2.00. The third-order valence-corrected chi connectivity index (χ3v) is 2.96. The number of para-hydroxylation sites is 1. The molecule has 0 aliphatic heterocycles. The van der Waals surface area contributed by atoms with Crippen molar-refractivity contribution < 1.29 is 4.79 Å². The van der Waals surface area contributed by atoms with Gasteiger partial charge in [0.1, 0.15) is 0 Å². The fraction of sp³-hybridized carbons (Fsp3) is 0.0714. The van der Waals surface area contributed by atoms with Crippen molar-refractivity contribution in [3.8, 4) is 0 Å². The summed E-state index contributed by atoms with van der Waals surface area (Å²) >= 11 is 6.04. The Balaban J connectivity index is 2.16. The van der Waals surface area contributed by atoms with Crippen molar-refractivity contribution in [1.29, 1.82) is 0 Å². The maximum atomic E-state index is 11.3. The van der Waals surface area contributed by atoms with E-state index < -0.39 is 5.91 Å². The van der Waals surface area contributed by atoms with Crippen LogP contribution >= 0.6 is 11.6 Å². The van der Waals surface area contributed by atoms with Gasteiger partial charge in [-0.15, -0.1) is 0 Å². The molecule has 0 atom stereocenters. The lowest BCUT2D eigenvalue weighted by atomic mass is 10.1. The molecule has 0 fully saturated rings. The monoisotopic (exact) mass is 260 g/mol. The van der Waals surface area contributed by atoms with E-state index >= 15 is 0 Å². The van der Waals surface area contributed by atoms with Crippen LogP contribution < -0.4 is 11.1 Å². The predicted octanol–water partition coefficient (Wildman–Crippen LogP) is 3.05. The molecule has 92 valence electrons. The first-order valence-electron chi connectivity index (χ1n) is 5.54. The van der Waals surface area contributed by atoms with Gasteiger partial charge in [0.25, 0.3) is 0 Å². The first-order valence-corrected chi connectivity index (χ1v) is 5.92. The molecule has 1 amide bonds. The first kappa shape index (κ1) is 12.5. The number of primary amides is 1. The van der Waals surface area contributed by atoms with Crippen LogP contribution in [0.25, 0.3) is 0 Å². The van der Waals surface area contributed by atoms with Gasteiger partial charge < -0.3 is 11.1 Å². The lowest BCUT2D eigenvalue weighted by molar-refractivity contribution is 0.0999. The number of nitrogens with one attached hydrogen (secondary N) is 1. The molecule has 0 aromatic heterocycles. The average Bonchev–Trinajstić information content (AvgIpc) is 2.38. The number of carbonyl (C=O) groups is 1. The second-order valence-electron chi connectivity index (χ2n) is 3.85. The number of hydrogen-bond acceptors (Lipinski definition) is 2. The number of anilines is 1. The molecule has 2 aromatic rings. The molecule has 0 saturated carbocycles. The number of hydrogen-bond donors (Lipinski definition) is 2. The van der Waals surface area contributed by atoms with E-state index in [1.807, 2.05) is 36.4 Å². The first-order chi connectivity index (χ1) is 8.68. The summed E-state index contributed by atoms with van der Waals surface area (Å²) in [5, 5.41) is 3.83. The Morgan fingerprint density at radius 3 is 2.50 bits per heavy atom. The molecule has 0 heterocycles. The Morgan fingerprint density at radius 2 is 1.78 bits per heavy atom. The van der Waals surface area contributed by atoms with Gasteiger partial charge in [-0.2, -0.15) is 0 Å². The molecular formula is C14H13ClN2O. The van der Waals surface area contributed by atoms with Crippen molar-refractivity contribution >= 4 is 23.2 Å². The molecule has 0 radical (unpaired) electrons. The normalized spacial score (nSPS) is 10.1. The fourth-order valence-electron chi connectivity index (χ4n) is 1.71. The molecular weight excluding hydrogens is 248 g/mol. The quantitative estimate of drug-likeness (QED) is 0.888. The number of amides is 1. The van der Waals surface area contributed by atoms with Gasteiger partial charge in [0.2, 0.25) is 5.91 Å². The lowest BCUT2D eigenvalue weighted by Crippen LogP contribution is -2.15. The van der Waals surface area contributed by atoms with Crippen molar-refractivity contribution in [2.45, 2.75) is 6.54 Å². The standard InChI is InChI=1S/C14H13ClN2O/c15-12-7-3-4-8-13(12)17-9-10-5-1-2-6-11(10)14(16)18/h1-8,17H,9H2,(H2,16,18). The van der Waals surface area contributed by atoms with Crippen LogP contribution in [0.2, 0.25) is 5.02 Å². The number of carbonyl (C=O) groups excluding carboxylic acids is 1. The van der Waals surface area contributed by atoms with Gasteiger partial charge in [0.05, 0.1) is 10.7 Å². The Morgan fingerprint density at radius 1 is 1.11 bits per heavy atom. The summed E-state index contributed by atoms with van der Waals surface area (Å²) in [6.45, 7) is 0.503. The van der Waals surface area contributed by atoms with Gasteiger partial charge >= 0.3 is 0 Å². The molecule has 0 aliphatic carbocycles. The minimum Gasteiger partial charge on any atom is -0.380 e. The van der Waals surface area contributed by atoms with Crippen molar-refractivity contribution in [2.75, 3.05) is 5.32 Å². The van der Waals surface area contributed by atoms with Gasteiger partial charge in [0, 0.05) is 12.1 Å². The molecule has 3 N–H and O–H groups in total. The second kappa shape index (κ2) is 5.56. The molecule has 0 unspecified atom stereocenters. The summed E-state index contributed by atoms with van der Waals surface area (Å²) in [5.74, 6) is -0.424. The van der Waals surface area contributed by atoms with Gasteiger partial charge in [-0.3, -0.25) is 4.79 Å². The summed E-state index contributed by atoms with van der Waals surface area (Å²) in [6.07, 6.45) is 0. The van der Waals surface area contributed by atoms with Crippen LogP contribution in [0.3, 0.4) is 0 Å². The van der Waals surface area contributed by atoms with Crippen LogP contribution in [-0.4, -0.2) is 5.91 Å². The third-order valence-electron chi connectivity index (χ3n) is 2.63. The Kier molecular flexibility index (Phi) is 3.85. The van der Waals surface area contributed by atoms with Crippen LogP contribution in [0, 0.1) is 0 Å². The van der Waals surface area contributed by atoms with E-state index in [0.717, 1.165) is 11.3 Å². The SMILES string of the molecule is NC(=O)c1ccccc1CNc1ccccc1Cl. The summed E-state index contributed by atoms with van der Waals surface area (Å²) < 4.78 is 0. The highest BCUT2D eigenvalue weighted by Gasteiger charge is 2.07. The molecule has 0 spiro atoms. The predicted molar refractivity (Wildman–Crippen MR) is 73.7 cm³/mol. The Bertz CT molecular complexity index is 569. The summed E-state index contributed by atoms with van der Waals surface area (Å²) in [6, 6.07) is 14.7. The number of rotatable bonds is 4. The number of benzene rings is 2. The van der Waals surface area contributed by atoms with Gasteiger partial charge in [-0.25, -0.2) is 0 Å². The van der Waals surface area contributed by atoms with E-state index in [4.69, 9.17) is 17.3 Å². The fourth-order valence-corrected chi connectivity index (χ4v) is 1.91. The van der Waals surface area contributed by atoms with E-state index in [-0.39, 0.29) is 0 Å². The summed E-state index contributed by atoms with van der Waals surface area (Å²) in [5.41, 5.74) is 7.53. The molecule has 0 aliphatic rings. The van der Waals surface area contributed by atoms with E-state index in [0.29, 0.717) is 17.1 Å². The molecule has 18 heavy (non-hydrogen) atoms. The highest BCUT2D eigenvalue weighted by Crippen LogP contribution is 2.21. The largest absolute Gasteiger partial charge is 0.380 e. The van der Waals surface area contributed by atoms with E-state index in [1.165, 1.54) is 0 Å². The lowest BCUT2D eigenvalue weighted by Gasteiger charge is -2.10.